The molecular weight excluding hydrogens is 332 g/mol. The number of rotatable bonds is 7. The average Bonchev–Trinajstić information content (AvgIpc) is 2.87. The fourth-order valence-corrected chi connectivity index (χ4v) is 3.43. The van der Waals surface area contributed by atoms with Gasteiger partial charge in [-0.1, -0.05) is 60.7 Å². The number of carbonyl (C=O) groups is 2. The molecule has 0 aliphatic carbocycles. The molecule has 1 saturated heterocycles. The summed E-state index contributed by atoms with van der Waals surface area (Å²) < 4.78 is 10.4. The minimum Gasteiger partial charge on any atom is -0.364 e. The number of hydrogen-bond acceptors (Lipinski definition) is 4. The number of methoxy groups -OCH3 is 2. The number of imide groups is 1. The summed E-state index contributed by atoms with van der Waals surface area (Å²) >= 11 is 0. The number of hydrogen-bond donors (Lipinski definition) is 0. The maximum atomic E-state index is 13.4. The average molecular weight is 354 g/mol. The van der Waals surface area contributed by atoms with Crippen molar-refractivity contribution in [3.8, 4) is 0 Å². The monoisotopic (exact) mass is 354 g/mol. The maximum absolute atomic E-state index is 13.4. The Hall–Kier alpha value is -2.70. The van der Waals surface area contributed by atoms with E-state index in [-0.39, 0.29) is 19.4 Å². The molecule has 0 unspecified atom stereocenters. The topological polar surface area (TPSA) is 59.1 Å². The molecule has 2 aromatic rings. The number of carbonyl (C=O) groups excluding carboxylic acids is 2. The Labute approximate surface area is 152 Å². The fourth-order valence-electron chi connectivity index (χ4n) is 3.43. The molecule has 0 N–H and O–H groups in total. The first kappa shape index (κ1) is 18.1. The summed E-state index contributed by atoms with van der Waals surface area (Å²) in [7, 11) is 2.97. The van der Waals surface area contributed by atoms with Crippen LogP contribution in [0.2, 0.25) is 0 Å². The van der Waals surface area contributed by atoms with Gasteiger partial charge >= 0.3 is 6.03 Å². The van der Waals surface area contributed by atoms with Gasteiger partial charge in [0, 0.05) is 20.6 Å². The van der Waals surface area contributed by atoms with Crippen LogP contribution in [0, 0.1) is 0 Å². The van der Waals surface area contributed by atoms with Crippen molar-refractivity contribution in [1.82, 2.24) is 9.80 Å². The predicted octanol–water partition coefficient (Wildman–Crippen LogP) is 2.60. The lowest BCUT2D eigenvalue weighted by atomic mass is 9.82. The summed E-state index contributed by atoms with van der Waals surface area (Å²) in [6.45, 7) is -0.0895. The summed E-state index contributed by atoms with van der Waals surface area (Å²) in [5.41, 5.74) is 0.532. The van der Waals surface area contributed by atoms with Crippen LogP contribution in [-0.2, 0) is 26.2 Å². The van der Waals surface area contributed by atoms with E-state index in [2.05, 4.69) is 0 Å². The Morgan fingerprint density at radius 3 is 2.00 bits per heavy atom. The smallest absolute Gasteiger partial charge is 0.331 e. The van der Waals surface area contributed by atoms with Crippen molar-refractivity contribution in [2.24, 2.45) is 0 Å². The zero-order valence-electron chi connectivity index (χ0n) is 14.9. The standard InChI is InChI=1S/C20H22N2O4/c1-25-14-21-18(23)20(17-11-7-4-8-12-17,22(15-26-2)19(21)24)13-16-9-5-3-6-10-16/h3-12H,13-15H2,1-2H3/t20-/m1/s1. The summed E-state index contributed by atoms with van der Waals surface area (Å²) in [6.07, 6.45) is 0.353. The van der Waals surface area contributed by atoms with E-state index in [0.717, 1.165) is 16.0 Å². The normalized spacial score (nSPS) is 20.1. The van der Waals surface area contributed by atoms with Crippen molar-refractivity contribution in [2.45, 2.75) is 12.0 Å². The largest absolute Gasteiger partial charge is 0.364 e. The van der Waals surface area contributed by atoms with Crippen LogP contribution < -0.4 is 0 Å². The van der Waals surface area contributed by atoms with Gasteiger partial charge in [0.15, 0.2) is 5.54 Å². The van der Waals surface area contributed by atoms with Crippen molar-refractivity contribution in [2.75, 3.05) is 27.7 Å². The summed E-state index contributed by atoms with van der Waals surface area (Å²) in [4.78, 5) is 29.0. The van der Waals surface area contributed by atoms with Gasteiger partial charge in [0.05, 0.1) is 0 Å². The van der Waals surface area contributed by atoms with Gasteiger partial charge in [0.25, 0.3) is 5.91 Å². The molecular formula is C20H22N2O4. The number of benzene rings is 2. The molecule has 1 aliphatic heterocycles. The lowest BCUT2D eigenvalue weighted by Crippen LogP contribution is -2.49. The van der Waals surface area contributed by atoms with E-state index in [1.54, 1.807) is 0 Å². The van der Waals surface area contributed by atoms with E-state index in [4.69, 9.17) is 9.47 Å². The van der Waals surface area contributed by atoms with Crippen LogP contribution in [0.1, 0.15) is 11.1 Å². The zero-order valence-corrected chi connectivity index (χ0v) is 14.9. The minimum atomic E-state index is -1.17. The van der Waals surface area contributed by atoms with Crippen LogP contribution in [0.25, 0.3) is 0 Å². The molecule has 0 spiro atoms. The van der Waals surface area contributed by atoms with Crippen molar-refractivity contribution < 1.29 is 19.1 Å². The predicted molar refractivity (Wildman–Crippen MR) is 96.1 cm³/mol. The molecule has 136 valence electrons. The highest BCUT2D eigenvalue weighted by Crippen LogP contribution is 2.40. The van der Waals surface area contributed by atoms with Gasteiger partial charge in [0.1, 0.15) is 13.5 Å². The molecule has 6 heteroatoms. The molecule has 6 nitrogen and oxygen atoms in total. The van der Waals surface area contributed by atoms with Gasteiger partial charge in [-0.3, -0.25) is 9.69 Å². The van der Waals surface area contributed by atoms with Crippen molar-refractivity contribution in [1.29, 1.82) is 0 Å². The second-order valence-corrected chi connectivity index (χ2v) is 6.17. The summed E-state index contributed by atoms with van der Waals surface area (Å²) in [6, 6.07) is 18.6. The Morgan fingerprint density at radius 2 is 1.42 bits per heavy atom. The molecule has 3 rings (SSSR count). The summed E-state index contributed by atoms with van der Waals surface area (Å²) in [5, 5.41) is 0. The Balaban J connectivity index is 2.16. The second-order valence-electron chi connectivity index (χ2n) is 6.17. The molecule has 26 heavy (non-hydrogen) atoms. The van der Waals surface area contributed by atoms with Gasteiger partial charge in [-0.25, -0.2) is 9.69 Å². The third-order valence-corrected chi connectivity index (χ3v) is 4.59. The van der Waals surface area contributed by atoms with Crippen LogP contribution in [0.5, 0.6) is 0 Å². The molecule has 0 aromatic heterocycles. The molecule has 1 heterocycles. The van der Waals surface area contributed by atoms with Gasteiger partial charge in [0.2, 0.25) is 0 Å². The number of nitrogens with zero attached hydrogens (tertiary/aromatic N) is 2. The maximum Gasteiger partial charge on any atom is 0.331 e. The van der Waals surface area contributed by atoms with Gasteiger partial charge < -0.3 is 9.47 Å². The Kier molecular flexibility index (Phi) is 5.35. The van der Waals surface area contributed by atoms with Crippen LogP contribution in [-0.4, -0.2) is 49.4 Å². The third-order valence-electron chi connectivity index (χ3n) is 4.59. The van der Waals surface area contributed by atoms with Crippen LogP contribution in [0.3, 0.4) is 0 Å². The first-order valence-corrected chi connectivity index (χ1v) is 8.36. The summed E-state index contributed by atoms with van der Waals surface area (Å²) in [5.74, 6) is -0.309. The zero-order chi connectivity index (χ0) is 18.6. The van der Waals surface area contributed by atoms with E-state index in [1.807, 2.05) is 60.7 Å². The Morgan fingerprint density at radius 1 is 0.846 bits per heavy atom. The van der Waals surface area contributed by atoms with Crippen LogP contribution in [0.4, 0.5) is 4.79 Å². The molecule has 1 atom stereocenters. The van der Waals surface area contributed by atoms with Crippen molar-refractivity contribution in [3.63, 3.8) is 0 Å². The third kappa shape index (κ3) is 2.98. The van der Waals surface area contributed by atoms with Crippen molar-refractivity contribution in [3.05, 3.63) is 71.8 Å². The first-order valence-electron chi connectivity index (χ1n) is 8.36. The Bertz CT molecular complexity index is 766. The minimum absolute atomic E-state index is 0.00646. The number of ether oxygens (including phenoxy) is 2. The lowest BCUT2D eigenvalue weighted by Gasteiger charge is -2.35. The van der Waals surface area contributed by atoms with Gasteiger partial charge in [-0.2, -0.15) is 0 Å². The molecule has 1 fully saturated rings. The fraction of sp³-hybridized carbons (Fsp3) is 0.300. The molecule has 0 saturated carbocycles. The van der Waals surface area contributed by atoms with E-state index in [0.29, 0.717) is 6.42 Å². The van der Waals surface area contributed by atoms with Gasteiger partial charge in [-0.05, 0) is 11.1 Å². The molecule has 1 aliphatic rings. The highest BCUT2D eigenvalue weighted by Gasteiger charge is 2.58. The molecule has 0 bridgehead atoms. The van der Waals surface area contributed by atoms with E-state index >= 15 is 0 Å². The highest BCUT2D eigenvalue weighted by molar-refractivity contribution is 6.07. The van der Waals surface area contributed by atoms with E-state index in [1.165, 1.54) is 19.1 Å². The van der Waals surface area contributed by atoms with E-state index in [9.17, 15) is 9.59 Å². The highest BCUT2D eigenvalue weighted by atomic mass is 16.5. The molecule has 2 aromatic carbocycles. The molecule has 3 amide bonds. The number of urea groups is 1. The first-order chi connectivity index (χ1) is 12.6. The quantitative estimate of drug-likeness (QED) is 0.717. The number of amides is 3. The SMILES string of the molecule is COCN1C(=O)N(COC)[C@](Cc2ccccc2)(c2ccccc2)C1=O. The van der Waals surface area contributed by atoms with E-state index < -0.39 is 11.6 Å². The second kappa shape index (κ2) is 7.68. The molecule has 0 radical (unpaired) electrons. The van der Waals surface area contributed by atoms with Crippen LogP contribution >= 0.6 is 0 Å². The lowest BCUT2D eigenvalue weighted by molar-refractivity contribution is -0.137. The van der Waals surface area contributed by atoms with Crippen LogP contribution in [0.15, 0.2) is 60.7 Å². The van der Waals surface area contributed by atoms with Crippen molar-refractivity contribution >= 4 is 11.9 Å². The van der Waals surface area contributed by atoms with Gasteiger partial charge in [-0.15, -0.1) is 0 Å².